The molecule has 1 aliphatic rings. The van der Waals surface area contributed by atoms with Gasteiger partial charge in [0.25, 0.3) is 0 Å². The van der Waals surface area contributed by atoms with E-state index in [0.29, 0.717) is 5.69 Å². The molecule has 0 spiro atoms. The molecule has 0 radical (unpaired) electrons. The summed E-state index contributed by atoms with van der Waals surface area (Å²) in [6, 6.07) is 12.2. The summed E-state index contributed by atoms with van der Waals surface area (Å²) in [5.74, 6) is -0.886. The highest BCUT2D eigenvalue weighted by atomic mass is 16.4. The first-order valence-electron chi connectivity index (χ1n) is 6.92. The first-order valence-corrected chi connectivity index (χ1v) is 6.92. The molecule has 102 valence electrons. The van der Waals surface area contributed by atoms with Crippen LogP contribution in [0.5, 0.6) is 0 Å². The van der Waals surface area contributed by atoms with Crippen molar-refractivity contribution in [3.63, 3.8) is 0 Å². The highest BCUT2D eigenvalue weighted by molar-refractivity contribution is 5.88. The van der Waals surface area contributed by atoms with Gasteiger partial charge in [-0.05, 0) is 48.4 Å². The van der Waals surface area contributed by atoms with Crippen LogP contribution in [0.15, 0.2) is 42.5 Å². The van der Waals surface area contributed by atoms with Crippen LogP contribution in [-0.4, -0.2) is 16.1 Å². The Morgan fingerprint density at radius 2 is 2.05 bits per heavy atom. The molecule has 0 fully saturated rings. The number of aromatic nitrogens is 1. The number of allylic oxidation sites excluding steroid dienone is 2. The Bertz CT molecular complexity index is 653. The van der Waals surface area contributed by atoms with Crippen molar-refractivity contribution in [2.24, 2.45) is 0 Å². The lowest BCUT2D eigenvalue weighted by Crippen LogP contribution is -1.96. The Morgan fingerprint density at radius 1 is 1.25 bits per heavy atom. The normalized spacial score (nSPS) is 15.5. The molecule has 0 atom stereocenters. The van der Waals surface area contributed by atoms with Crippen molar-refractivity contribution in [3.05, 3.63) is 65.0 Å². The lowest BCUT2D eigenvalue weighted by Gasteiger charge is -2.00. The maximum Gasteiger partial charge on any atom is 0.352 e. The van der Waals surface area contributed by atoms with E-state index < -0.39 is 5.97 Å². The van der Waals surface area contributed by atoms with E-state index in [9.17, 15) is 4.79 Å². The summed E-state index contributed by atoms with van der Waals surface area (Å²) in [6.45, 7) is 0. The van der Waals surface area contributed by atoms with Crippen LogP contribution in [-0.2, 0) is 12.8 Å². The van der Waals surface area contributed by atoms with Crippen molar-refractivity contribution in [1.29, 1.82) is 0 Å². The number of fused-ring (bicyclic) bond motifs is 1. The van der Waals surface area contributed by atoms with Crippen LogP contribution in [0.2, 0.25) is 0 Å². The Balaban J connectivity index is 1.70. The zero-order valence-corrected chi connectivity index (χ0v) is 11.2. The fraction of sp³-hybridized carbons (Fsp3) is 0.235. The predicted octanol–water partition coefficient (Wildman–Crippen LogP) is 3.68. The number of H-pyrrole nitrogens is 1. The number of carboxylic acids is 1. The van der Waals surface area contributed by atoms with E-state index in [-0.39, 0.29) is 0 Å². The standard InChI is InChI=1S/C17H17NO2/c19-17(20)15-11-14-10-9-13(16(14)18-15)8-4-7-12-5-2-1-3-6-12/h1-3,5-6,8,11,18H,4,7,9-10H2,(H,19,20)/b13-8-. The molecule has 0 aliphatic heterocycles. The molecule has 0 unspecified atom stereocenters. The molecule has 1 heterocycles. The molecule has 3 nitrogen and oxygen atoms in total. The van der Waals surface area contributed by atoms with E-state index in [4.69, 9.17) is 5.11 Å². The molecule has 20 heavy (non-hydrogen) atoms. The van der Waals surface area contributed by atoms with Gasteiger partial charge in [-0.3, -0.25) is 0 Å². The van der Waals surface area contributed by atoms with Crippen molar-refractivity contribution in [3.8, 4) is 0 Å². The number of aromatic amines is 1. The summed E-state index contributed by atoms with van der Waals surface area (Å²) in [6.07, 6.45) is 6.19. The monoisotopic (exact) mass is 267 g/mol. The zero-order valence-electron chi connectivity index (χ0n) is 11.2. The number of rotatable bonds is 4. The van der Waals surface area contributed by atoms with Crippen molar-refractivity contribution < 1.29 is 9.90 Å². The smallest absolute Gasteiger partial charge is 0.352 e. The van der Waals surface area contributed by atoms with Crippen LogP contribution < -0.4 is 0 Å². The van der Waals surface area contributed by atoms with Crippen molar-refractivity contribution >= 4 is 11.5 Å². The quantitative estimate of drug-likeness (QED) is 0.888. The Hall–Kier alpha value is -2.29. The summed E-state index contributed by atoms with van der Waals surface area (Å²) in [5.41, 5.74) is 5.04. The lowest BCUT2D eigenvalue weighted by molar-refractivity contribution is 0.0691. The molecule has 1 aromatic heterocycles. The van der Waals surface area contributed by atoms with Crippen LogP contribution >= 0.6 is 0 Å². The second kappa shape index (κ2) is 5.37. The van der Waals surface area contributed by atoms with Gasteiger partial charge in [0.1, 0.15) is 5.69 Å². The van der Waals surface area contributed by atoms with Gasteiger partial charge in [-0.1, -0.05) is 36.4 Å². The summed E-state index contributed by atoms with van der Waals surface area (Å²) < 4.78 is 0. The summed E-state index contributed by atoms with van der Waals surface area (Å²) >= 11 is 0. The molecule has 1 aromatic carbocycles. The summed E-state index contributed by atoms with van der Waals surface area (Å²) in [5, 5.41) is 9.00. The Morgan fingerprint density at radius 3 is 2.80 bits per heavy atom. The number of carboxylic acid groups (broad SMARTS) is 1. The van der Waals surface area contributed by atoms with Crippen molar-refractivity contribution in [1.82, 2.24) is 4.98 Å². The van der Waals surface area contributed by atoms with Crippen LogP contribution in [0.3, 0.4) is 0 Å². The fourth-order valence-electron chi connectivity index (χ4n) is 2.75. The average Bonchev–Trinajstić information content (AvgIpc) is 3.01. The molecular formula is C17H17NO2. The summed E-state index contributed by atoms with van der Waals surface area (Å²) in [4.78, 5) is 14.0. The minimum absolute atomic E-state index is 0.295. The molecule has 3 heteroatoms. The van der Waals surface area contributed by atoms with Gasteiger partial charge in [0.05, 0.1) is 0 Å². The highest BCUT2D eigenvalue weighted by Gasteiger charge is 2.20. The Kier molecular flexibility index (Phi) is 3.42. The van der Waals surface area contributed by atoms with Gasteiger partial charge in [-0.2, -0.15) is 0 Å². The molecule has 0 saturated heterocycles. The lowest BCUT2D eigenvalue weighted by atomic mass is 10.1. The number of carbonyl (C=O) groups is 1. The summed E-state index contributed by atoms with van der Waals surface area (Å²) in [7, 11) is 0. The van der Waals surface area contributed by atoms with Gasteiger partial charge in [0, 0.05) is 5.69 Å². The minimum atomic E-state index is -0.886. The van der Waals surface area contributed by atoms with E-state index in [0.717, 1.165) is 36.9 Å². The van der Waals surface area contributed by atoms with E-state index in [1.165, 1.54) is 11.1 Å². The largest absolute Gasteiger partial charge is 0.477 e. The van der Waals surface area contributed by atoms with Crippen LogP contribution in [0.1, 0.15) is 40.2 Å². The third kappa shape index (κ3) is 2.52. The number of aryl methyl sites for hydroxylation is 2. The first-order chi connectivity index (χ1) is 9.74. The maximum atomic E-state index is 11.0. The van der Waals surface area contributed by atoms with Gasteiger partial charge in [-0.15, -0.1) is 0 Å². The average molecular weight is 267 g/mol. The molecule has 3 rings (SSSR count). The van der Waals surface area contributed by atoms with E-state index >= 15 is 0 Å². The fourth-order valence-corrected chi connectivity index (χ4v) is 2.75. The molecule has 2 aromatic rings. The van der Waals surface area contributed by atoms with Gasteiger partial charge in [0.15, 0.2) is 0 Å². The molecule has 0 saturated carbocycles. The first kappa shape index (κ1) is 12.7. The molecule has 1 aliphatic carbocycles. The van der Waals surface area contributed by atoms with Crippen LogP contribution in [0.25, 0.3) is 5.57 Å². The number of hydrogen-bond acceptors (Lipinski definition) is 1. The third-order valence-electron chi connectivity index (χ3n) is 3.78. The highest BCUT2D eigenvalue weighted by Crippen LogP contribution is 2.32. The number of nitrogens with one attached hydrogen (secondary N) is 1. The number of benzene rings is 1. The van der Waals surface area contributed by atoms with E-state index in [2.05, 4.69) is 35.3 Å². The van der Waals surface area contributed by atoms with Crippen molar-refractivity contribution in [2.75, 3.05) is 0 Å². The minimum Gasteiger partial charge on any atom is -0.477 e. The molecule has 0 bridgehead atoms. The van der Waals surface area contributed by atoms with Gasteiger partial charge < -0.3 is 10.1 Å². The third-order valence-corrected chi connectivity index (χ3v) is 3.78. The van der Waals surface area contributed by atoms with Crippen LogP contribution in [0.4, 0.5) is 0 Å². The van der Waals surface area contributed by atoms with E-state index in [1.54, 1.807) is 6.07 Å². The second-order valence-electron chi connectivity index (χ2n) is 5.14. The van der Waals surface area contributed by atoms with Gasteiger partial charge in [0.2, 0.25) is 0 Å². The predicted molar refractivity (Wildman–Crippen MR) is 78.8 cm³/mol. The number of hydrogen-bond donors (Lipinski definition) is 2. The van der Waals surface area contributed by atoms with Crippen molar-refractivity contribution in [2.45, 2.75) is 25.7 Å². The van der Waals surface area contributed by atoms with Gasteiger partial charge >= 0.3 is 5.97 Å². The van der Waals surface area contributed by atoms with Crippen LogP contribution in [0, 0.1) is 0 Å². The Labute approximate surface area is 118 Å². The topological polar surface area (TPSA) is 53.1 Å². The molecule has 2 N–H and O–H groups in total. The number of aromatic carboxylic acids is 1. The zero-order chi connectivity index (χ0) is 13.9. The molecule has 0 amide bonds. The maximum absolute atomic E-state index is 11.0. The molecular weight excluding hydrogens is 250 g/mol. The van der Waals surface area contributed by atoms with E-state index in [1.807, 2.05) is 6.07 Å². The second-order valence-corrected chi connectivity index (χ2v) is 5.14. The SMILES string of the molecule is O=C(O)c1cc2c([nH]1)/C(=C\CCc1ccccc1)CC2. The van der Waals surface area contributed by atoms with Gasteiger partial charge in [-0.25, -0.2) is 4.79 Å².